The van der Waals surface area contributed by atoms with E-state index in [0.29, 0.717) is 30.2 Å². The van der Waals surface area contributed by atoms with Gasteiger partial charge in [0.1, 0.15) is 6.33 Å². The first kappa shape index (κ1) is 19.0. The molecule has 1 N–H and O–H groups in total. The summed E-state index contributed by atoms with van der Waals surface area (Å²) >= 11 is 0. The highest BCUT2D eigenvalue weighted by Crippen LogP contribution is 2.27. The Kier molecular flexibility index (Phi) is 5.58. The molecule has 10 nitrogen and oxygen atoms in total. The molecule has 3 aromatic rings. The molecule has 144 valence electrons. The Bertz CT molecular complexity index is 985. The molecule has 1 amide bonds. The topological polar surface area (TPSA) is 119 Å². The number of carbonyl (C=O) groups is 1. The van der Waals surface area contributed by atoms with Crippen molar-refractivity contribution in [2.24, 2.45) is 0 Å². The summed E-state index contributed by atoms with van der Waals surface area (Å²) in [7, 11) is 0. The Morgan fingerprint density at radius 1 is 1.21 bits per heavy atom. The zero-order chi connectivity index (χ0) is 20.1. The van der Waals surface area contributed by atoms with E-state index >= 15 is 0 Å². The summed E-state index contributed by atoms with van der Waals surface area (Å²) in [5.74, 6) is -0.431. The third kappa shape index (κ3) is 3.95. The predicted octanol–water partition coefficient (Wildman–Crippen LogP) is 2.67. The van der Waals surface area contributed by atoms with E-state index in [1.54, 1.807) is 30.3 Å². The zero-order valence-corrected chi connectivity index (χ0v) is 15.4. The molecule has 0 bridgehead atoms. The molecule has 3 rings (SSSR count). The number of amides is 1. The second-order valence-electron chi connectivity index (χ2n) is 5.89. The minimum Gasteiger partial charge on any atom is -0.371 e. The fourth-order valence-electron chi connectivity index (χ4n) is 2.86. The average molecular weight is 381 g/mol. The van der Waals surface area contributed by atoms with Gasteiger partial charge in [-0.3, -0.25) is 14.9 Å². The van der Waals surface area contributed by atoms with Gasteiger partial charge in [-0.2, -0.15) is 0 Å². The number of hydrogen-bond acceptors (Lipinski definition) is 7. The van der Waals surface area contributed by atoms with Crippen LogP contribution in [0.1, 0.15) is 24.2 Å². The number of hydrogen-bond donors (Lipinski definition) is 1. The number of nitrogens with one attached hydrogen (secondary N) is 1. The number of rotatable bonds is 7. The van der Waals surface area contributed by atoms with E-state index in [2.05, 4.69) is 20.8 Å². The van der Waals surface area contributed by atoms with Crippen molar-refractivity contribution >= 4 is 23.0 Å². The summed E-state index contributed by atoms with van der Waals surface area (Å²) < 4.78 is 1.46. The largest absolute Gasteiger partial charge is 0.371 e. The lowest BCUT2D eigenvalue weighted by atomic mass is 10.1. The van der Waals surface area contributed by atoms with E-state index in [9.17, 15) is 14.9 Å². The fraction of sp³-hybridized carbons (Fsp3) is 0.222. The van der Waals surface area contributed by atoms with Crippen LogP contribution in [-0.2, 0) is 0 Å². The lowest BCUT2D eigenvalue weighted by molar-refractivity contribution is -0.384. The van der Waals surface area contributed by atoms with Crippen LogP contribution in [-0.4, -0.2) is 44.1 Å². The standard InChI is InChI=1S/C18H19N7O3/c1-3-23(4-2)17-9-8-15(25(27)28)11-16(17)18(26)20-13-6-5-7-14(10-13)24-12-19-21-22-24/h5-12H,3-4H2,1-2H3,(H,20,26). The van der Waals surface area contributed by atoms with Crippen LogP contribution in [0, 0.1) is 10.1 Å². The maximum atomic E-state index is 12.9. The molecule has 0 saturated carbocycles. The molecule has 0 aliphatic rings. The van der Waals surface area contributed by atoms with Crippen LogP contribution in [0.25, 0.3) is 5.69 Å². The molecule has 2 aromatic carbocycles. The lowest BCUT2D eigenvalue weighted by Gasteiger charge is -2.23. The number of benzene rings is 2. The molecule has 0 fully saturated rings. The van der Waals surface area contributed by atoms with Gasteiger partial charge >= 0.3 is 0 Å². The number of nitro groups is 1. The zero-order valence-electron chi connectivity index (χ0n) is 15.4. The van der Waals surface area contributed by atoms with Gasteiger partial charge in [0.05, 0.1) is 21.9 Å². The Hall–Kier alpha value is -3.82. The highest BCUT2D eigenvalue weighted by molar-refractivity contribution is 6.08. The second kappa shape index (κ2) is 8.25. The van der Waals surface area contributed by atoms with Crippen molar-refractivity contribution in [1.82, 2.24) is 20.2 Å². The summed E-state index contributed by atoms with van der Waals surface area (Å²) in [6, 6.07) is 11.3. The summed E-state index contributed by atoms with van der Waals surface area (Å²) in [5, 5.41) is 25.0. The first-order valence-electron chi connectivity index (χ1n) is 8.71. The highest BCUT2D eigenvalue weighted by atomic mass is 16.6. The first-order chi connectivity index (χ1) is 13.5. The maximum Gasteiger partial charge on any atom is 0.270 e. The number of aromatic nitrogens is 4. The number of non-ortho nitro benzene ring substituents is 1. The van der Waals surface area contributed by atoms with E-state index in [4.69, 9.17) is 0 Å². The van der Waals surface area contributed by atoms with Gasteiger partial charge in [0.2, 0.25) is 0 Å². The quantitative estimate of drug-likeness (QED) is 0.493. The van der Waals surface area contributed by atoms with Gasteiger partial charge in [0.15, 0.2) is 0 Å². The molecule has 1 aromatic heterocycles. The molecule has 0 saturated heterocycles. The number of anilines is 2. The maximum absolute atomic E-state index is 12.9. The summed E-state index contributed by atoms with van der Waals surface area (Å²) in [6.07, 6.45) is 1.44. The van der Waals surface area contributed by atoms with Gasteiger partial charge in [-0.25, -0.2) is 4.68 Å². The van der Waals surface area contributed by atoms with Crippen LogP contribution in [0.15, 0.2) is 48.8 Å². The summed E-state index contributed by atoms with van der Waals surface area (Å²) in [4.78, 5) is 25.6. The van der Waals surface area contributed by atoms with Crippen LogP contribution >= 0.6 is 0 Å². The van der Waals surface area contributed by atoms with E-state index < -0.39 is 10.8 Å². The van der Waals surface area contributed by atoms with E-state index in [1.807, 2.05) is 18.7 Å². The molecule has 10 heteroatoms. The molecule has 1 heterocycles. The fourth-order valence-corrected chi connectivity index (χ4v) is 2.86. The van der Waals surface area contributed by atoms with Crippen molar-refractivity contribution < 1.29 is 9.72 Å². The van der Waals surface area contributed by atoms with Gasteiger partial charge in [-0.15, -0.1) is 5.10 Å². The molecule has 0 unspecified atom stereocenters. The number of nitrogens with zero attached hydrogens (tertiary/aromatic N) is 6. The van der Waals surface area contributed by atoms with E-state index in [0.717, 1.165) is 0 Å². The summed E-state index contributed by atoms with van der Waals surface area (Å²) in [5.41, 5.74) is 1.94. The Balaban J connectivity index is 1.94. The minimum atomic E-state index is -0.513. The molecule has 0 spiro atoms. The van der Waals surface area contributed by atoms with Crippen LogP contribution in [0.3, 0.4) is 0 Å². The molecule has 0 aliphatic heterocycles. The van der Waals surface area contributed by atoms with Crippen LogP contribution in [0.5, 0.6) is 0 Å². The minimum absolute atomic E-state index is 0.136. The molecule has 0 atom stereocenters. The highest BCUT2D eigenvalue weighted by Gasteiger charge is 2.20. The molecular weight excluding hydrogens is 362 g/mol. The van der Waals surface area contributed by atoms with E-state index in [1.165, 1.54) is 23.1 Å². The van der Waals surface area contributed by atoms with Gasteiger partial charge in [0, 0.05) is 30.9 Å². The van der Waals surface area contributed by atoms with Gasteiger partial charge in [0.25, 0.3) is 11.6 Å². The number of tetrazole rings is 1. The monoisotopic (exact) mass is 381 g/mol. The first-order valence-corrected chi connectivity index (χ1v) is 8.71. The van der Waals surface area contributed by atoms with Gasteiger partial charge in [-0.05, 0) is 48.5 Å². The molecule has 0 radical (unpaired) electrons. The van der Waals surface area contributed by atoms with Crippen molar-refractivity contribution in [3.05, 3.63) is 64.5 Å². The Morgan fingerprint density at radius 2 is 2.00 bits per heavy atom. The van der Waals surface area contributed by atoms with Gasteiger partial charge < -0.3 is 10.2 Å². The van der Waals surface area contributed by atoms with Crippen LogP contribution in [0.4, 0.5) is 17.1 Å². The number of nitro benzene ring substituents is 1. The van der Waals surface area contributed by atoms with Crippen molar-refractivity contribution in [2.75, 3.05) is 23.3 Å². The van der Waals surface area contributed by atoms with Crippen LogP contribution in [0.2, 0.25) is 0 Å². The van der Waals surface area contributed by atoms with E-state index in [-0.39, 0.29) is 11.3 Å². The molecule has 28 heavy (non-hydrogen) atoms. The predicted molar refractivity (Wildman–Crippen MR) is 104 cm³/mol. The average Bonchev–Trinajstić information content (AvgIpc) is 3.24. The normalized spacial score (nSPS) is 10.5. The summed E-state index contributed by atoms with van der Waals surface area (Å²) in [6.45, 7) is 5.26. The third-order valence-corrected chi connectivity index (χ3v) is 4.26. The van der Waals surface area contributed by atoms with Crippen molar-refractivity contribution in [3.8, 4) is 5.69 Å². The molecular formula is C18H19N7O3. The van der Waals surface area contributed by atoms with Gasteiger partial charge in [-0.1, -0.05) is 6.07 Å². The SMILES string of the molecule is CCN(CC)c1ccc([N+](=O)[O-])cc1C(=O)Nc1cccc(-n2cnnn2)c1. The second-order valence-corrected chi connectivity index (χ2v) is 5.89. The van der Waals surface area contributed by atoms with Crippen molar-refractivity contribution in [3.63, 3.8) is 0 Å². The third-order valence-electron chi connectivity index (χ3n) is 4.26. The molecule has 0 aliphatic carbocycles. The number of carbonyl (C=O) groups excluding carboxylic acids is 1. The van der Waals surface area contributed by atoms with Crippen LogP contribution < -0.4 is 10.2 Å². The smallest absolute Gasteiger partial charge is 0.270 e. The lowest BCUT2D eigenvalue weighted by Crippen LogP contribution is -2.25. The Morgan fingerprint density at radius 3 is 2.64 bits per heavy atom. The van der Waals surface area contributed by atoms with Crippen molar-refractivity contribution in [1.29, 1.82) is 0 Å². The Labute approximate surface area is 160 Å². The van der Waals surface area contributed by atoms with Crippen molar-refractivity contribution in [2.45, 2.75) is 13.8 Å².